The molecule has 65 heavy (non-hydrogen) atoms. The van der Waals surface area contributed by atoms with E-state index in [0.717, 1.165) is 6.42 Å². The summed E-state index contributed by atoms with van der Waals surface area (Å²) in [4.78, 5) is 35.4. The molecule has 0 aromatic carbocycles. The molecular weight excluding hydrogens is 843 g/mol. The minimum absolute atomic E-state index is 0.0433. The molecule has 0 aliphatic carbocycles. The number of hydrogen-bond donors (Lipinski definition) is 7. The predicted octanol–water partition coefficient (Wildman–Crippen LogP) is 2.95. The lowest BCUT2D eigenvalue weighted by Gasteiger charge is -2.53. The van der Waals surface area contributed by atoms with Crippen LogP contribution in [0.4, 0.5) is 10.5 Å². The summed E-state index contributed by atoms with van der Waals surface area (Å²) >= 11 is 0. The third-order valence-corrected chi connectivity index (χ3v) is 14.5. The second-order valence-electron chi connectivity index (χ2n) is 19.9. The summed E-state index contributed by atoms with van der Waals surface area (Å²) in [6.45, 7) is 20.4. The van der Waals surface area contributed by atoms with Crippen LogP contribution in [0.3, 0.4) is 0 Å². The van der Waals surface area contributed by atoms with Gasteiger partial charge in [0.15, 0.2) is 12.6 Å². The van der Waals surface area contributed by atoms with Gasteiger partial charge in [0.1, 0.15) is 35.1 Å². The molecule has 2 amide bonds. The SMILES string of the molecule is CCCNC[C@]1(O)[C@H](C)O[C@@H](O[C@H]2[C@H](C)[C@@H](O[C@@H]3O[C@H](C)C[C@H](N(C)C(=O)N(C)c4cccnc4)[C@H]3O)[C@](C)(O)C[C@@H](C)CN[C@H](C)[C@@H](O)[C@](C)(O)[C@@H](CC)OC(=O)[C@@H]2C)C[C@@]1(C)OC. The van der Waals surface area contributed by atoms with E-state index in [4.69, 9.17) is 28.4 Å². The average molecular weight is 926 g/mol. The Morgan fingerprint density at radius 1 is 1.02 bits per heavy atom. The fraction of sp³-hybridized carbons (Fsp3) is 0.851. The van der Waals surface area contributed by atoms with E-state index in [0.29, 0.717) is 18.8 Å². The van der Waals surface area contributed by atoms with Gasteiger partial charge >= 0.3 is 12.0 Å². The van der Waals surface area contributed by atoms with Crippen molar-refractivity contribution in [3.63, 3.8) is 0 Å². The maximum atomic E-state index is 14.5. The van der Waals surface area contributed by atoms with Gasteiger partial charge in [0, 0.05) is 52.3 Å². The molecule has 3 saturated heterocycles. The van der Waals surface area contributed by atoms with E-state index in [-0.39, 0.29) is 38.1 Å². The van der Waals surface area contributed by atoms with Crippen LogP contribution in [0, 0.1) is 17.8 Å². The fourth-order valence-corrected chi connectivity index (χ4v) is 10.1. The first-order valence-corrected chi connectivity index (χ1v) is 23.5. The number of aliphatic hydroxyl groups excluding tert-OH is 2. The van der Waals surface area contributed by atoms with Crippen molar-refractivity contribution < 1.29 is 63.5 Å². The van der Waals surface area contributed by atoms with E-state index in [1.807, 2.05) is 20.8 Å². The van der Waals surface area contributed by atoms with Gasteiger partial charge in [0.25, 0.3) is 0 Å². The highest BCUT2D eigenvalue weighted by Crippen LogP contribution is 2.43. The molecule has 18 atom stereocenters. The summed E-state index contributed by atoms with van der Waals surface area (Å²) in [6, 6.07) is 1.66. The van der Waals surface area contributed by atoms with Crippen molar-refractivity contribution in [3.8, 4) is 0 Å². The molecule has 4 heterocycles. The quantitative estimate of drug-likeness (QED) is 0.118. The number of pyridine rings is 1. The number of cyclic esters (lactones) is 1. The Morgan fingerprint density at radius 3 is 2.29 bits per heavy atom. The Labute approximate surface area is 387 Å². The minimum Gasteiger partial charge on any atom is -0.459 e. The van der Waals surface area contributed by atoms with Crippen LogP contribution in [0.2, 0.25) is 0 Å². The van der Waals surface area contributed by atoms with Gasteiger partial charge in [-0.05, 0) is 105 Å². The van der Waals surface area contributed by atoms with Crippen molar-refractivity contribution in [3.05, 3.63) is 24.5 Å². The number of ether oxygens (including phenoxy) is 6. The maximum absolute atomic E-state index is 14.5. The van der Waals surface area contributed by atoms with E-state index in [2.05, 4.69) is 15.6 Å². The van der Waals surface area contributed by atoms with Gasteiger partial charge in [0.05, 0.1) is 53.9 Å². The third kappa shape index (κ3) is 12.4. The van der Waals surface area contributed by atoms with Gasteiger partial charge in [-0.15, -0.1) is 0 Å². The standard InChI is InChI=1S/C47H83N5O13/c1-15-19-49-26-47(59)32(8)62-36(23-45(47,10)60-14)64-38-29(5)40(65-42-37(53)34(21-28(4)61-42)52(13)43(56)51(12)33-18-17-20-48-25-33)44(9,57)22-27(3)24-50-31(7)39(54)46(11,58)35(16-2)63-41(55)30(38)6/h17-18,20,25,27-32,34-40,42,49-50,53-54,57-59H,15-16,19,21-24,26H2,1-14H3/t27-,28-,29+,30-,31-,32+,34+,35-,36+,37-,38+,39-,40-,42+,44-,45-,46-,47+/m1/s1. The van der Waals surface area contributed by atoms with E-state index in [9.17, 15) is 35.1 Å². The number of carbonyl (C=O) groups excluding carboxylic acids is 2. The monoisotopic (exact) mass is 926 g/mol. The highest BCUT2D eigenvalue weighted by Gasteiger charge is 2.58. The zero-order chi connectivity index (χ0) is 48.8. The van der Waals surface area contributed by atoms with E-state index >= 15 is 0 Å². The van der Waals surface area contributed by atoms with E-state index < -0.39 is 114 Å². The van der Waals surface area contributed by atoms with E-state index in [1.54, 1.807) is 87.1 Å². The first-order valence-electron chi connectivity index (χ1n) is 23.5. The summed E-state index contributed by atoms with van der Waals surface area (Å²) in [5.41, 5.74) is -5.66. The van der Waals surface area contributed by atoms with Gasteiger partial charge in [0.2, 0.25) is 0 Å². The number of nitrogens with one attached hydrogen (secondary N) is 2. The largest absolute Gasteiger partial charge is 0.459 e. The third-order valence-electron chi connectivity index (χ3n) is 14.5. The number of urea groups is 1. The van der Waals surface area contributed by atoms with Crippen LogP contribution in [0.25, 0.3) is 0 Å². The molecule has 4 rings (SSSR count). The summed E-state index contributed by atoms with van der Waals surface area (Å²) in [7, 11) is 4.74. The van der Waals surface area contributed by atoms with Crippen LogP contribution in [-0.4, -0.2) is 178 Å². The van der Waals surface area contributed by atoms with Crippen molar-refractivity contribution in [1.29, 1.82) is 0 Å². The van der Waals surface area contributed by atoms with E-state index in [1.165, 1.54) is 23.8 Å². The molecule has 3 aliphatic rings. The number of amides is 2. The molecule has 3 fully saturated rings. The summed E-state index contributed by atoms with van der Waals surface area (Å²) < 4.78 is 38.6. The fourth-order valence-electron chi connectivity index (χ4n) is 10.1. The second kappa shape index (κ2) is 22.7. The minimum atomic E-state index is -1.86. The lowest BCUT2D eigenvalue weighted by Crippen LogP contribution is -2.70. The topological polar surface area (TPSA) is 234 Å². The number of rotatable bonds is 12. The lowest BCUT2D eigenvalue weighted by atomic mass is 9.75. The normalized spacial score (nSPS) is 42.6. The van der Waals surface area contributed by atoms with Gasteiger partial charge < -0.3 is 69.5 Å². The van der Waals surface area contributed by atoms with Crippen LogP contribution in [0.5, 0.6) is 0 Å². The molecule has 0 unspecified atom stereocenters. The number of nitrogens with zero attached hydrogens (tertiary/aromatic N) is 3. The molecule has 18 nitrogen and oxygen atoms in total. The van der Waals surface area contributed by atoms with Crippen LogP contribution < -0.4 is 15.5 Å². The first-order chi connectivity index (χ1) is 30.3. The molecule has 3 aliphatic heterocycles. The Hall–Kier alpha value is -2.59. The molecule has 0 radical (unpaired) electrons. The van der Waals surface area contributed by atoms with Gasteiger partial charge in [-0.25, -0.2) is 4.79 Å². The molecule has 0 bridgehead atoms. The zero-order valence-electron chi connectivity index (χ0n) is 41.4. The van der Waals surface area contributed by atoms with Gasteiger partial charge in [-0.2, -0.15) is 0 Å². The maximum Gasteiger partial charge on any atom is 0.324 e. The highest BCUT2D eigenvalue weighted by atomic mass is 16.7. The number of likely N-dealkylation sites (N-methyl/N-ethyl adjacent to an activating group) is 1. The summed E-state index contributed by atoms with van der Waals surface area (Å²) in [5.74, 6) is -2.99. The molecule has 0 saturated carbocycles. The molecule has 374 valence electrons. The Balaban J connectivity index is 1.80. The number of esters is 1. The molecule has 0 spiro atoms. The van der Waals surface area contributed by atoms with Crippen molar-refractivity contribution in [2.24, 2.45) is 17.8 Å². The van der Waals surface area contributed by atoms with Gasteiger partial charge in [-0.3, -0.25) is 14.7 Å². The second-order valence-corrected chi connectivity index (χ2v) is 19.9. The highest BCUT2D eigenvalue weighted by molar-refractivity contribution is 5.91. The number of hydrogen-bond acceptors (Lipinski definition) is 16. The van der Waals surface area contributed by atoms with Crippen molar-refractivity contribution in [2.75, 3.05) is 45.7 Å². The summed E-state index contributed by atoms with van der Waals surface area (Å²) in [5, 5.41) is 66.8. The van der Waals surface area contributed by atoms with Crippen molar-refractivity contribution >= 4 is 17.7 Å². The molecule has 18 heteroatoms. The Bertz CT molecular complexity index is 1660. The zero-order valence-corrected chi connectivity index (χ0v) is 41.4. The Morgan fingerprint density at radius 2 is 1.69 bits per heavy atom. The molecular formula is C47H83N5O13. The molecule has 1 aromatic rings. The van der Waals surface area contributed by atoms with Crippen LogP contribution in [-0.2, 0) is 33.2 Å². The van der Waals surface area contributed by atoms with Crippen molar-refractivity contribution in [2.45, 2.75) is 198 Å². The number of aliphatic hydroxyl groups is 5. The summed E-state index contributed by atoms with van der Waals surface area (Å²) in [6.07, 6.45) is -5.28. The number of aromatic nitrogens is 1. The number of methoxy groups -OCH3 is 1. The average Bonchev–Trinajstić information content (AvgIpc) is 3.26. The Kier molecular flexibility index (Phi) is 19.2. The van der Waals surface area contributed by atoms with Gasteiger partial charge in [-0.1, -0.05) is 27.7 Å². The van der Waals surface area contributed by atoms with Crippen molar-refractivity contribution in [1.82, 2.24) is 20.5 Å². The number of carbonyl (C=O) groups is 2. The lowest BCUT2D eigenvalue weighted by molar-refractivity contribution is -0.336. The van der Waals surface area contributed by atoms with Crippen LogP contribution in [0.15, 0.2) is 24.5 Å². The number of anilines is 1. The van der Waals surface area contributed by atoms with Crippen LogP contribution >= 0.6 is 0 Å². The predicted molar refractivity (Wildman–Crippen MR) is 244 cm³/mol. The first kappa shape index (κ1) is 55.0. The van der Waals surface area contributed by atoms with Crippen LogP contribution in [0.1, 0.15) is 108 Å². The molecule has 7 N–H and O–H groups in total. The smallest absolute Gasteiger partial charge is 0.324 e. The molecule has 1 aromatic heterocycles.